The van der Waals surface area contributed by atoms with Crippen LogP contribution in [-0.4, -0.2) is 17.0 Å². The van der Waals surface area contributed by atoms with Gasteiger partial charge >= 0.3 is 0 Å². The van der Waals surface area contributed by atoms with Gasteiger partial charge in [0.05, 0.1) is 11.3 Å². The van der Waals surface area contributed by atoms with E-state index < -0.39 is 0 Å². The Kier molecular flexibility index (Phi) is 4.05. The van der Waals surface area contributed by atoms with E-state index in [0.717, 1.165) is 11.1 Å². The minimum Gasteiger partial charge on any atom is -0.409 e. The van der Waals surface area contributed by atoms with Crippen molar-refractivity contribution in [1.29, 1.82) is 0 Å². The largest absolute Gasteiger partial charge is 0.409 e. The number of nitrogens with two attached hydrogens (primary N) is 1. The van der Waals surface area contributed by atoms with Crippen molar-refractivity contribution in [3.8, 4) is 0 Å². The van der Waals surface area contributed by atoms with Crippen LogP contribution in [0.15, 0.2) is 34.1 Å². The Hall–Kier alpha value is -2.34. The number of carbonyl (C=O) groups excluding carboxylic acids is 1. The smallest absolute Gasteiger partial charge is 0.256 e. The number of nitrogens with one attached hydrogen (secondary N) is 1. The molecule has 4 N–H and O–H groups in total. The number of amides is 1. The summed E-state index contributed by atoms with van der Waals surface area (Å²) in [6.07, 6.45) is 0. The highest BCUT2D eigenvalue weighted by Crippen LogP contribution is 2.21. The summed E-state index contributed by atoms with van der Waals surface area (Å²) in [5.41, 5.74) is 9.09. The van der Waals surface area contributed by atoms with Crippen molar-refractivity contribution in [2.75, 3.05) is 5.32 Å². The average molecular weight is 289 g/mol. The molecule has 20 heavy (non-hydrogen) atoms. The Labute approximate surface area is 120 Å². The monoisotopic (exact) mass is 289 g/mol. The third-order valence-electron chi connectivity index (χ3n) is 2.99. The van der Waals surface area contributed by atoms with Gasteiger partial charge in [-0.2, -0.15) is 11.3 Å². The van der Waals surface area contributed by atoms with Gasteiger partial charge in [0.2, 0.25) is 0 Å². The zero-order chi connectivity index (χ0) is 14.7. The molecule has 0 radical (unpaired) electrons. The second kappa shape index (κ2) is 5.75. The highest BCUT2D eigenvalue weighted by atomic mass is 32.1. The molecule has 0 atom stereocenters. The Bertz CT molecular complexity index is 677. The lowest BCUT2D eigenvalue weighted by Gasteiger charge is -2.12. The van der Waals surface area contributed by atoms with Gasteiger partial charge in [-0.15, -0.1) is 0 Å². The summed E-state index contributed by atoms with van der Waals surface area (Å²) < 4.78 is 0. The first-order chi connectivity index (χ1) is 9.54. The Morgan fingerprint density at radius 2 is 2.05 bits per heavy atom. The maximum absolute atomic E-state index is 12.2. The molecular formula is C14H15N3O2S. The summed E-state index contributed by atoms with van der Waals surface area (Å²) in [7, 11) is 0. The van der Waals surface area contributed by atoms with Crippen molar-refractivity contribution in [3.63, 3.8) is 0 Å². The Morgan fingerprint density at radius 1 is 1.30 bits per heavy atom. The van der Waals surface area contributed by atoms with Gasteiger partial charge in [-0.25, -0.2) is 0 Å². The van der Waals surface area contributed by atoms with Crippen molar-refractivity contribution in [2.45, 2.75) is 13.8 Å². The second-order valence-electron chi connectivity index (χ2n) is 4.41. The molecule has 0 saturated carbocycles. The highest BCUT2D eigenvalue weighted by molar-refractivity contribution is 7.08. The molecule has 0 unspecified atom stereocenters. The maximum Gasteiger partial charge on any atom is 0.256 e. The molecule has 1 aromatic carbocycles. The summed E-state index contributed by atoms with van der Waals surface area (Å²) in [6.45, 7) is 3.71. The van der Waals surface area contributed by atoms with Gasteiger partial charge in [-0.1, -0.05) is 17.3 Å². The summed E-state index contributed by atoms with van der Waals surface area (Å²) in [6, 6.07) is 5.36. The lowest BCUT2D eigenvalue weighted by atomic mass is 10.1. The van der Waals surface area contributed by atoms with E-state index in [0.29, 0.717) is 16.8 Å². The maximum atomic E-state index is 12.2. The van der Waals surface area contributed by atoms with Gasteiger partial charge in [-0.3, -0.25) is 4.79 Å². The van der Waals surface area contributed by atoms with E-state index in [1.807, 2.05) is 25.3 Å². The van der Waals surface area contributed by atoms with Crippen LogP contribution in [0.25, 0.3) is 0 Å². The van der Waals surface area contributed by atoms with E-state index in [2.05, 4.69) is 10.5 Å². The number of rotatable bonds is 3. The molecule has 2 aromatic rings. The first kappa shape index (κ1) is 14.1. The summed E-state index contributed by atoms with van der Waals surface area (Å²) in [5.74, 6) is -0.234. The minimum absolute atomic E-state index is 0.0274. The molecule has 1 heterocycles. The number of thiophene rings is 1. The fourth-order valence-corrected chi connectivity index (χ4v) is 2.77. The van der Waals surface area contributed by atoms with Crippen LogP contribution in [0.2, 0.25) is 0 Å². The number of amidine groups is 1. The second-order valence-corrected chi connectivity index (χ2v) is 5.15. The quantitative estimate of drug-likeness (QED) is 0.351. The number of anilines is 1. The number of benzene rings is 1. The minimum atomic E-state index is -0.207. The molecule has 5 nitrogen and oxygen atoms in total. The zero-order valence-corrected chi connectivity index (χ0v) is 12.0. The topological polar surface area (TPSA) is 87.7 Å². The van der Waals surface area contributed by atoms with Crippen LogP contribution in [0.3, 0.4) is 0 Å². The number of hydrogen-bond acceptors (Lipinski definition) is 4. The predicted molar refractivity (Wildman–Crippen MR) is 80.7 cm³/mol. The number of carbonyl (C=O) groups is 1. The van der Waals surface area contributed by atoms with E-state index in [1.165, 1.54) is 11.3 Å². The van der Waals surface area contributed by atoms with Gasteiger partial charge in [-0.05, 0) is 36.4 Å². The average Bonchev–Trinajstić information content (AvgIpc) is 2.84. The molecule has 0 saturated heterocycles. The molecule has 1 aromatic heterocycles. The van der Waals surface area contributed by atoms with E-state index in [1.54, 1.807) is 17.5 Å². The standard InChI is InChI=1S/C14H15N3O2S/c1-8-4-3-5-11(12(8)13(15)17-19)16-14(18)10-7-20-6-9(10)2/h3-7,19H,1-2H3,(H2,15,17)(H,16,18). The first-order valence-electron chi connectivity index (χ1n) is 5.96. The fourth-order valence-electron chi connectivity index (χ4n) is 1.94. The highest BCUT2D eigenvalue weighted by Gasteiger charge is 2.15. The molecule has 1 amide bonds. The van der Waals surface area contributed by atoms with E-state index in [9.17, 15) is 4.79 Å². The summed E-state index contributed by atoms with van der Waals surface area (Å²) >= 11 is 1.47. The first-order valence-corrected chi connectivity index (χ1v) is 6.90. The summed E-state index contributed by atoms with van der Waals surface area (Å²) in [5, 5.41) is 18.4. The van der Waals surface area contributed by atoms with Crippen molar-refractivity contribution < 1.29 is 10.0 Å². The molecule has 0 aliphatic rings. The third kappa shape index (κ3) is 2.65. The van der Waals surface area contributed by atoms with Crippen LogP contribution in [0.1, 0.15) is 27.0 Å². The molecule has 0 spiro atoms. The van der Waals surface area contributed by atoms with Crippen LogP contribution in [0.4, 0.5) is 5.69 Å². The van der Waals surface area contributed by atoms with E-state index in [4.69, 9.17) is 10.9 Å². The van der Waals surface area contributed by atoms with Gasteiger partial charge in [0, 0.05) is 10.9 Å². The zero-order valence-electron chi connectivity index (χ0n) is 11.2. The van der Waals surface area contributed by atoms with Crippen LogP contribution >= 0.6 is 11.3 Å². The van der Waals surface area contributed by atoms with E-state index >= 15 is 0 Å². The van der Waals surface area contributed by atoms with Crippen molar-refractivity contribution in [1.82, 2.24) is 0 Å². The SMILES string of the molecule is Cc1cscc1C(=O)Nc1cccc(C)c1/C(N)=N/O. The van der Waals surface area contributed by atoms with Crippen molar-refractivity contribution >= 4 is 28.8 Å². The number of hydrogen-bond donors (Lipinski definition) is 3. The molecule has 6 heteroatoms. The molecule has 0 bridgehead atoms. The van der Waals surface area contributed by atoms with Gasteiger partial charge in [0.15, 0.2) is 5.84 Å². The van der Waals surface area contributed by atoms with Crippen molar-refractivity contribution in [3.05, 3.63) is 51.2 Å². The third-order valence-corrected chi connectivity index (χ3v) is 3.85. The van der Waals surface area contributed by atoms with E-state index in [-0.39, 0.29) is 11.7 Å². The molecule has 0 fully saturated rings. The van der Waals surface area contributed by atoms with Gasteiger partial charge in [0.1, 0.15) is 0 Å². The number of oxime groups is 1. The number of nitrogens with zero attached hydrogens (tertiary/aromatic N) is 1. The molecule has 104 valence electrons. The van der Waals surface area contributed by atoms with Crippen LogP contribution in [0.5, 0.6) is 0 Å². The predicted octanol–water partition coefficient (Wildman–Crippen LogP) is 2.71. The molecule has 2 rings (SSSR count). The molecule has 0 aliphatic heterocycles. The van der Waals surface area contributed by atoms with Gasteiger partial charge in [0.25, 0.3) is 5.91 Å². The van der Waals surface area contributed by atoms with Crippen LogP contribution in [-0.2, 0) is 0 Å². The Balaban J connectivity index is 2.38. The normalized spacial score (nSPS) is 11.4. The van der Waals surface area contributed by atoms with Crippen LogP contribution in [0, 0.1) is 13.8 Å². The fraction of sp³-hybridized carbons (Fsp3) is 0.143. The van der Waals surface area contributed by atoms with Gasteiger partial charge < -0.3 is 16.3 Å². The molecule has 0 aliphatic carbocycles. The van der Waals surface area contributed by atoms with Crippen LogP contribution < -0.4 is 11.1 Å². The molecular weight excluding hydrogens is 274 g/mol. The van der Waals surface area contributed by atoms with Crippen molar-refractivity contribution in [2.24, 2.45) is 10.9 Å². The summed E-state index contributed by atoms with van der Waals surface area (Å²) in [4.78, 5) is 12.2. The number of aryl methyl sites for hydroxylation is 2. The lowest BCUT2D eigenvalue weighted by Crippen LogP contribution is -2.20. The Morgan fingerprint density at radius 3 is 2.65 bits per heavy atom. The lowest BCUT2D eigenvalue weighted by molar-refractivity contribution is 0.102.